The van der Waals surface area contributed by atoms with Gasteiger partial charge >= 0.3 is 0 Å². The third-order valence-corrected chi connectivity index (χ3v) is 4.80. The molecule has 1 N–H and O–H groups in total. The molecule has 0 bridgehead atoms. The summed E-state index contributed by atoms with van der Waals surface area (Å²) in [5.74, 6) is 0.974. The van der Waals surface area contributed by atoms with Crippen molar-refractivity contribution >= 4 is 17.7 Å². The molecular formula is C17H21N5O2S. The maximum atomic E-state index is 12.0. The number of hydrogen-bond acceptors (Lipinski definition) is 6. The second-order valence-corrected chi connectivity index (χ2v) is 6.62. The van der Waals surface area contributed by atoms with Crippen LogP contribution in [0.15, 0.2) is 42.3 Å². The van der Waals surface area contributed by atoms with Gasteiger partial charge in [-0.05, 0) is 25.0 Å². The second-order valence-electron chi connectivity index (χ2n) is 5.67. The highest BCUT2D eigenvalue weighted by molar-refractivity contribution is 7.99. The molecular weight excluding hydrogens is 338 g/mol. The van der Waals surface area contributed by atoms with E-state index in [9.17, 15) is 4.79 Å². The van der Waals surface area contributed by atoms with Gasteiger partial charge in [-0.3, -0.25) is 14.3 Å². The number of thioether (sulfide) groups is 1. The van der Waals surface area contributed by atoms with Gasteiger partial charge in [-0.15, -0.1) is 16.8 Å². The number of aromatic nitrogens is 4. The number of carbonyl (C=O) groups is 1. The minimum atomic E-state index is -0.0309. The number of ether oxygens (including phenoxy) is 1. The van der Waals surface area contributed by atoms with Crippen LogP contribution < -0.4 is 5.32 Å². The maximum Gasteiger partial charge on any atom is 0.230 e. The Hall–Kier alpha value is -2.19. The number of hydrogen-bond donors (Lipinski definition) is 1. The Morgan fingerprint density at radius 3 is 3.16 bits per heavy atom. The molecule has 2 aromatic heterocycles. The van der Waals surface area contributed by atoms with E-state index in [-0.39, 0.29) is 17.8 Å². The number of carbonyl (C=O) groups excluding carboxylic acids is 1. The summed E-state index contributed by atoms with van der Waals surface area (Å²) in [7, 11) is 0. The topological polar surface area (TPSA) is 81.9 Å². The Balaban J connectivity index is 1.60. The standard InChI is InChI=1S/C17H21N5O2S/c1-2-8-22-16(13-5-3-7-18-10-13)20-21-17(22)25-12-15(23)19-11-14-6-4-9-24-14/h2-3,5,7,10,14H,1,4,6,8-9,11-12H2,(H,19,23)/t14-/m0/s1. The molecule has 1 fully saturated rings. The largest absolute Gasteiger partial charge is 0.376 e. The van der Waals surface area contributed by atoms with Crippen molar-refractivity contribution < 1.29 is 9.53 Å². The van der Waals surface area contributed by atoms with E-state index in [1.165, 1.54) is 11.8 Å². The summed E-state index contributed by atoms with van der Waals surface area (Å²) < 4.78 is 7.44. The monoisotopic (exact) mass is 359 g/mol. The average Bonchev–Trinajstić information content (AvgIpc) is 3.29. The Labute approximate surface area is 150 Å². The fourth-order valence-corrected chi connectivity index (χ4v) is 3.39. The lowest BCUT2D eigenvalue weighted by molar-refractivity contribution is -0.119. The van der Waals surface area contributed by atoms with Gasteiger partial charge in [0.25, 0.3) is 0 Å². The van der Waals surface area contributed by atoms with Gasteiger partial charge in [-0.1, -0.05) is 17.8 Å². The highest BCUT2D eigenvalue weighted by Gasteiger charge is 2.18. The fraction of sp³-hybridized carbons (Fsp3) is 0.412. The van der Waals surface area contributed by atoms with Gasteiger partial charge in [0.1, 0.15) is 0 Å². The fourth-order valence-electron chi connectivity index (χ4n) is 2.61. The number of pyridine rings is 1. The van der Waals surface area contributed by atoms with Crippen molar-refractivity contribution in [3.8, 4) is 11.4 Å². The zero-order valence-electron chi connectivity index (χ0n) is 13.9. The van der Waals surface area contributed by atoms with Crippen LogP contribution in [-0.4, -0.2) is 50.7 Å². The molecule has 0 aromatic carbocycles. The number of nitrogens with zero attached hydrogens (tertiary/aromatic N) is 4. The van der Waals surface area contributed by atoms with Gasteiger partial charge in [0.05, 0.1) is 11.9 Å². The first kappa shape index (κ1) is 17.6. The molecule has 2 aromatic rings. The summed E-state index contributed by atoms with van der Waals surface area (Å²) in [6.45, 7) is 5.71. The van der Waals surface area contributed by atoms with Crippen molar-refractivity contribution in [3.63, 3.8) is 0 Å². The van der Waals surface area contributed by atoms with Crippen LogP contribution >= 0.6 is 11.8 Å². The smallest absolute Gasteiger partial charge is 0.230 e. The molecule has 0 saturated carbocycles. The molecule has 1 atom stereocenters. The zero-order valence-corrected chi connectivity index (χ0v) is 14.7. The van der Waals surface area contributed by atoms with E-state index < -0.39 is 0 Å². The van der Waals surface area contributed by atoms with Crippen molar-refractivity contribution in [1.29, 1.82) is 0 Å². The predicted molar refractivity (Wildman–Crippen MR) is 96.2 cm³/mol. The summed E-state index contributed by atoms with van der Waals surface area (Å²) in [6.07, 6.45) is 7.46. The van der Waals surface area contributed by atoms with E-state index in [2.05, 4.69) is 27.1 Å². The first-order chi connectivity index (χ1) is 12.3. The molecule has 1 aliphatic heterocycles. The summed E-state index contributed by atoms with van der Waals surface area (Å²) in [5.41, 5.74) is 0.881. The van der Waals surface area contributed by atoms with Gasteiger partial charge in [0, 0.05) is 37.7 Å². The van der Waals surface area contributed by atoms with E-state index in [1.807, 2.05) is 16.7 Å². The summed E-state index contributed by atoms with van der Waals surface area (Å²) >= 11 is 1.36. The van der Waals surface area contributed by atoms with Crippen molar-refractivity contribution in [1.82, 2.24) is 25.1 Å². The summed E-state index contributed by atoms with van der Waals surface area (Å²) in [5, 5.41) is 12.1. The maximum absolute atomic E-state index is 12.0. The van der Waals surface area contributed by atoms with Crippen molar-refractivity contribution in [2.24, 2.45) is 0 Å². The van der Waals surface area contributed by atoms with Crippen LogP contribution in [0.5, 0.6) is 0 Å². The number of amides is 1. The molecule has 0 radical (unpaired) electrons. The van der Waals surface area contributed by atoms with Gasteiger partial charge in [0.15, 0.2) is 11.0 Å². The minimum Gasteiger partial charge on any atom is -0.376 e. The predicted octanol–water partition coefficient (Wildman–Crippen LogP) is 1.91. The molecule has 25 heavy (non-hydrogen) atoms. The lowest BCUT2D eigenvalue weighted by atomic mass is 10.2. The van der Waals surface area contributed by atoms with Crippen LogP contribution in [-0.2, 0) is 16.1 Å². The Morgan fingerprint density at radius 2 is 2.44 bits per heavy atom. The summed E-state index contributed by atoms with van der Waals surface area (Å²) in [6, 6.07) is 3.78. The van der Waals surface area contributed by atoms with Crippen LogP contribution in [0.4, 0.5) is 0 Å². The van der Waals surface area contributed by atoms with Crippen molar-refractivity contribution in [2.75, 3.05) is 18.9 Å². The number of nitrogens with one attached hydrogen (secondary N) is 1. The number of allylic oxidation sites excluding steroid dienone is 1. The molecule has 1 amide bonds. The third-order valence-electron chi connectivity index (χ3n) is 3.83. The average molecular weight is 359 g/mol. The van der Waals surface area contributed by atoms with E-state index in [0.29, 0.717) is 18.2 Å². The lowest BCUT2D eigenvalue weighted by Gasteiger charge is -2.11. The van der Waals surface area contributed by atoms with Gasteiger partial charge in [-0.2, -0.15) is 0 Å². The normalized spacial score (nSPS) is 16.7. The van der Waals surface area contributed by atoms with E-state index in [0.717, 1.165) is 30.8 Å². The quantitative estimate of drug-likeness (QED) is 0.573. The van der Waals surface area contributed by atoms with E-state index in [1.54, 1.807) is 18.5 Å². The molecule has 8 heteroatoms. The van der Waals surface area contributed by atoms with Crippen LogP contribution in [0.2, 0.25) is 0 Å². The minimum absolute atomic E-state index is 0.0309. The van der Waals surface area contributed by atoms with Crippen LogP contribution in [0.1, 0.15) is 12.8 Å². The first-order valence-electron chi connectivity index (χ1n) is 8.23. The van der Waals surface area contributed by atoms with Crippen molar-refractivity contribution in [2.45, 2.75) is 30.6 Å². The highest BCUT2D eigenvalue weighted by atomic mass is 32.2. The molecule has 3 rings (SSSR count). The number of rotatable bonds is 8. The van der Waals surface area contributed by atoms with Gasteiger partial charge in [0.2, 0.25) is 5.91 Å². The lowest BCUT2D eigenvalue weighted by Crippen LogP contribution is -2.32. The molecule has 0 unspecified atom stereocenters. The Kier molecular flexibility index (Phi) is 6.19. The first-order valence-corrected chi connectivity index (χ1v) is 9.22. The summed E-state index contributed by atoms with van der Waals surface area (Å²) in [4.78, 5) is 16.2. The van der Waals surface area contributed by atoms with Crippen LogP contribution in [0, 0.1) is 0 Å². The second kappa shape index (κ2) is 8.77. The molecule has 132 valence electrons. The molecule has 0 spiro atoms. The van der Waals surface area contributed by atoms with Gasteiger partial charge < -0.3 is 10.1 Å². The van der Waals surface area contributed by atoms with Crippen LogP contribution in [0.25, 0.3) is 11.4 Å². The Bertz CT molecular complexity index is 713. The van der Waals surface area contributed by atoms with E-state index >= 15 is 0 Å². The molecule has 1 aliphatic rings. The highest BCUT2D eigenvalue weighted by Crippen LogP contribution is 2.23. The molecule has 3 heterocycles. The molecule has 7 nitrogen and oxygen atoms in total. The zero-order chi connectivity index (χ0) is 17.5. The molecule has 1 saturated heterocycles. The van der Waals surface area contributed by atoms with Crippen molar-refractivity contribution in [3.05, 3.63) is 37.2 Å². The SMILES string of the molecule is C=CCn1c(SCC(=O)NC[C@@H]2CCCO2)nnc1-c1cccnc1. The molecule has 0 aliphatic carbocycles. The van der Waals surface area contributed by atoms with Gasteiger partial charge in [-0.25, -0.2) is 0 Å². The van der Waals surface area contributed by atoms with E-state index in [4.69, 9.17) is 4.74 Å². The Morgan fingerprint density at radius 1 is 1.52 bits per heavy atom. The van der Waals surface area contributed by atoms with Crippen LogP contribution in [0.3, 0.4) is 0 Å². The third kappa shape index (κ3) is 4.67.